The molecule has 0 aliphatic rings. The van der Waals surface area contributed by atoms with E-state index < -0.39 is 0 Å². The van der Waals surface area contributed by atoms with E-state index in [-0.39, 0.29) is 30.4 Å². The summed E-state index contributed by atoms with van der Waals surface area (Å²) < 4.78 is 5.34. The molecule has 1 aromatic heterocycles. The topological polar surface area (TPSA) is 81.2 Å². The van der Waals surface area contributed by atoms with E-state index in [0.29, 0.717) is 17.3 Å². The Morgan fingerprint density at radius 3 is 2.46 bits per heavy atom. The van der Waals surface area contributed by atoms with E-state index in [2.05, 4.69) is 15.5 Å². The maximum absolute atomic E-state index is 12.1. The molecule has 0 radical (unpaired) electrons. The van der Waals surface area contributed by atoms with Crippen molar-refractivity contribution in [3.8, 4) is 5.75 Å². The molecule has 0 atom stereocenters. The molecule has 1 heterocycles. The van der Waals surface area contributed by atoms with Crippen LogP contribution in [0, 0.1) is 0 Å². The first kappa shape index (κ1) is 18.1. The fraction of sp³-hybridized carbons (Fsp3) is 0.412. The molecular weight excluding hydrogens is 326 g/mol. The van der Waals surface area contributed by atoms with Crippen molar-refractivity contribution < 1.29 is 14.3 Å². The third kappa shape index (κ3) is 5.13. The Labute approximate surface area is 145 Å². The van der Waals surface area contributed by atoms with Gasteiger partial charge < -0.3 is 10.1 Å². The largest absolute Gasteiger partial charge is 0.494 e. The highest BCUT2D eigenvalue weighted by molar-refractivity contribution is 7.15. The lowest BCUT2D eigenvalue weighted by molar-refractivity contribution is -0.116. The summed E-state index contributed by atoms with van der Waals surface area (Å²) in [4.78, 5) is 24.0. The van der Waals surface area contributed by atoms with Gasteiger partial charge in [0.05, 0.1) is 6.61 Å². The summed E-state index contributed by atoms with van der Waals surface area (Å²) in [6.45, 7) is 6.51. The van der Waals surface area contributed by atoms with Crippen molar-refractivity contribution in [2.45, 2.75) is 39.5 Å². The summed E-state index contributed by atoms with van der Waals surface area (Å²) in [6.07, 6.45) is 0.262. The molecule has 1 amide bonds. The quantitative estimate of drug-likeness (QED) is 0.737. The van der Waals surface area contributed by atoms with Gasteiger partial charge in [-0.2, -0.15) is 0 Å². The molecule has 24 heavy (non-hydrogen) atoms. The number of nitrogens with zero attached hydrogens (tertiary/aromatic N) is 2. The molecule has 0 aliphatic heterocycles. The molecule has 2 rings (SSSR count). The number of carbonyl (C=O) groups excluding carboxylic acids is 2. The van der Waals surface area contributed by atoms with Gasteiger partial charge in [-0.05, 0) is 31.2 Å². The maximum Gasteiger partial charge on any atom is 0.226 e. The minimum Gasteiger partial charge on any atom is -0.494 e. The number of ether oxygens (including phenoxy) is 1. The second-order valence-electron chi connectivity index (χ2n) is 5.53. The van der Waals surface area contributed by atoms with Crippen molar-refractivity contribution in [3.05, 3.63) is 34.8 Å². The summed E-state index contributed by atoms with van der Waals surface area (Å²) in [5, 5.41) is 12.0. The molecule has 6 nitrogen and oxygen atoms in total. The lowest BCUT2D eigenvalue weighted by Gasteiger charge is -2.04. The molecule has 1 N–H and O–H groups in total. The van der Waals surface area contributed by atoms with Crippen molar-refractivity contribution in [3.63, 3.8) is 0 Å². The molecule has 0 unspecified atom stereocenters. The van der Waals surface area contributed by atoms with Gasteiger partial charge in [0.1, 0.15) is 10.8 Å². The van der Waals surface area contributed by atoms with Crippen LogP contribution in [0.3, 0.4) is 0 Å². The summed E-state index contributed by atoms with van der Waals surface area (Å²) in [5.74, 6) is 0.687. The van der Waals surface area contributed by atoms with Gasteiger partial charge in [-0.1, -0.05) is 25.2 Å². The zero-order chi connectivity index (χ0) is 17.5. The first-order valence-electron chi connectivity index (χ1n) is 7.89. The number of aromatic nitrogens is 2. The highest BCUT2D eigenvalue weighted by Crippen LogP contribution is 2.22. The Hall–Kier alpha value is -2.28. The Morgan fingerprint density at radius 1 is 1.17 bits per heavy atom. The highest BCUT2D eigenvalue weighted by atomic mass is 32.1. The van der Waals surface area contributed by atoms with Gasteiger partial charge in [0, 0.05) is 24.3 Å². The minimum absolute atomic E-state index is 0.0756. The van der Waals surface area contributed by atoms with Gasteiger partial charge in [-0.25, -0.2) is 0 Å². The number of anilines is 1. The van der Waals surface area contributed by atoms with E-state index >= 15 is 0 Å². The van der Waals surface area contributed by atoms with E-state index in [4.69, 9.17) is 4.74 Å². The van der Waals surface area contributed by atoms with Gasteiger partial charge in [0.15, 0.2) is 5.78 Å². The number of hydrogen-bond acceptors (Lipinski definition) is 6. The summed E-state index contributed by atoms with van der Waals surface area (Å²) in [7, 11) is 0. The second kappa shape index (κ2) is 8.54. The molecule has 128 valence electrons. The Kier molecular flexibility index (Phi) is 6.43. The first-order valence-corrected chi connectivity index (χ1v) is 8.70. The van der Waals surface area contributed by atoms with Crippen LogP contribution in [0.25, 0.3) is 0 Å². The number of hydrogen-bond donors (Lipinski definition) is 1. The minimum atomic E-state index is -0.235. The third-order valence-corrected chi connectivity index (χ3v) is 4.39. The van der Waals surface area contributed by atoms with Crippen molar-refractivity contribution in [2.75, 3.05) is 11.9 Å². The van der Waals surface area contributed by atoms with Crippen LogP contribution >= 0.6 is 11.3 Å². The molecule has 0 saturated heterocycles. The lowest BCUT2D eigenvalue weighted by atomic mass is 10.1. The van der Waals surface area contributed by atoms with Crippen LogP contribution in [-0.4, -0.2) is 28.5 Å². The Morgan fingerprint density at radius 2 is 1.88 bits per heavy atom. The number of amides is 1. The summed E-state index contributed by atoms with van der Waals surface area (Å²) >= 11 is 1.35. The molecule has 1 aromatic carbocycles. The Balaban J connectivity index is 1.82. The van der Waals surface area contributed by atoms with E-state index in [9.17, 15) is 9.59 Å². The van der Waals surface area contributed by atoms with E-state index in [1.54, 1.807) is 24.3 Å². The number of ketones is 1. The average Bonchev–Trinajstić information content (AvgIpc) is 3.02. The van der Waals surface area contributed by atoms with Crippen LogP contribution in [0.4, 0.5) is 5.13 Å². The van der Waals surface area contributed by atoms with Crippen LogP contribution in [0.1, 0.15) is 54.9 Å². The highest BCUT2D eigenvalue weighted by Gasteiger charge is 2.13. The second-order valence-corrected chi connectivity index (χ2v) is 6.54. The van der Waals surface area contributed by atoms with E-state index in [1.165, 1.54) is 11.3 Å². The number of rotatable bonds is 8. The smallest absolute Gasteiger partial charge is 0.226 e. The molecule has 2 aromatic rings. The van der Waals surface area contributed by atoms with Crippen molar-refractivity contribution in [1.29, 1.82) is 0 Å². The number of Topliss-reactive ketones (excluding diaryl/α,β-unsaturated/α-hetero) is 1. The first-order chi connectivity index (χ1) is 11.5. The van der Waals surface area contributed by atoms with Crippen molar-refractivity contribution >= 4 is 28.2 Å². The van der Waals surface area contributed by atoms with Gasteiger partial charge in [-0.15, -0.1) is 10.2 Å². The van der Waals surface area contributed by atoms with Crippen molar-refractivity contribution in [2.24, 2.45) is 0 Å². The van der Waals surface area contributed by atoms with Crippen LogP contribution in [0.5, 0.6) is 5.75 Å². The zero-order valence-electron chi connectivity index (χ0n) is 14.0. The Bertz CT molecular complexity index is 695. The normalized spacial score (nSPS) is 10.7. The van der Waals surface area contributed by atoms with Crippen molar-refractivity contribution in [1.82, 2.24) is 10.2 Å². The van der Waals surface area contributed by atoms with E-state index in [1.807, 2.05) is 20.8 Å². The molecule has 0 fully saturated rings. The summed E-state index contributed by atoms with van der Waals surface area (Å²) in [5.41, 5.74) is 0.573. The number of carbonyl (C=O) groups is 2. The average molecular weight is 347 g/mol. The molecule has 0 saturated carbocycles. The monoisotopic (exact) mass is 347 g/mol. The number of nitrogens with one attached hydrogen (secondary N) is 1. The predicted molar refractivity (Wildman–Crippen MR) is 93.8 cm³/mol. The van der Waals surface area contributed by atoms with Crippen LogP contribution in [-0.2, 0) is 4.79 Å². The fourth-order valence-electron chi connectivity index (χ4n) is 1.98. The number of benzene rings is 1. The third-order valence-electron chi connectivity index (χ3n) is 3.25. The van der Waals surface area contributed by atoms with Gasteiger partial charge in [-0.3, -0.25) is 9.59 Å². The van der Waals surface area contributed by atoms with Gasteiger partial charge in [0.25, 0.3) is 0 Å². The van der Waals surface area contributed by atoms with E-state index in [0.717, 1.165) is 10.8 Å². The zero-order valence-corrected chi connectivity index (χ0v) is 14.9. The SMILES string of the molecule is CCOc1ccc(C(=O)CCC(=O)Nc2nnc(C(C)C)s2)cc1. The maximum atomic E-state index is 12.1. The fourth-order valence-corrected chi connectivity index (χ4v) is 2.74. The molecule has 0 aliphatic carbocycles. The summed E-state index contributed by atoms with van der Waals surface area (Å²) in [6, 6.07) is 6.94. The molecular formula is C17H21N3O3S. The standard InChI is InChI=1S/C17H21N3O3S/c1-4-23-13-7-5-12(6-8-13)14(21)9-10-15(22)18-17-20-19-16(24-17)11(2)3/h5-8,11H,4,9-10H2,1-3H3,(H,18,20,22). The van der Waals surface area contributed by atoms with Gasteiger partial charge >= 0.3 is 0 Å². The van der Waals surface area contributed by atoms with Crippen LogP contribution < -0.4 is 10.1 Å². The molecule has 0 spiro atoms. The molecule has 7 heteroatoms. The van der Waals surface area contributed by atoms with Crippen LogP contribution in [0.15, 0.2) is 24.3 Å². The lowest BCUT2D eigenvalue weighted by Crippen LogP contribution is -2.13. The molecule has 0 bridgehead atoms. The predicted octanol–water partition coefficient (Wildman–Crippen LogP) is 3.66. The van der Waals surface area contributed by atoms with Crippen LogP contribution in [0.2, 0.25) is 0 Å². The van der Waals surface area contributed by atoms with Gasteiger partial charge in [0.2, 0.25) is 11.0 Å².